The zero-order valence-electron chi connectivity index (χ0n) is 11.5. The minimum atomic E-state index is 0.275. The number of hydrogen-bond donors (Lipinski definition) is 1. The van der Waals surface area contributed by atoms with Gasteiger partial charge in [-0.05, 0) is 38.0 Å². The molecule has 3 unspecified atom stereocenters. The van der Waals surface area contributed by atoms with Crippen LogP contribution in [0.15, 0.2) is 0 Å². The molecule has 3 heteroatoms. The van der Waals surface area contributed by atoms with Gasteiger partial charge in [0.15, 0.2) is 0 Å². The number of nitrogens with zero attached hydrogens (tertiary/aromatic N) is 1. The number of nitrogens with one attached hydrogen (secondary N) is 1. The molecule has 3 fully saturated rings. The fraction of sp³-hybridized carbons (Fsp3) is 0.933. The lowest BCUT2D eigenvalue weighted by atomic mass is 9.86. The van der Waals surface area contributed by atoms with E-state index in [0.29, 0.717) is 18.0 Å². The van der Waals surface area contributed by atoms with Gasteiger partial charge in [-0.1, -0.05) is 19.3 Å². The van der Waals surface area contributed by atoms with Crippen LogP contribution in [0, 0.1) is 11.8 Å². The number of carbonyl (C=O) groups is 1. The Morgan fingerprint density at radius 2 is 1.94 bits per heavy atom. The van der Waals surface area contributed by atoms with E-state index in [4.69, 9.17) is 0 Å². The minimum Gasteiger partial charge on any atom is -0.345 e. The van der Waals surface area contributed by atoms with E-state index >= 15 is 0 Å². The highest BCUT2D eigenvalue weighted by molar-refractivity contribution is 5.80. The topological polar surface area (TPSA) is 32.3 Å². The van der Waals surface area contributed by atoms with Crippen LogP contribution in [0.3, 0.4) is 0 Å². The number of rotatable bonds is 3. The summed E-state index contributed by atoms with van der Waals surface area (Å²) in [4.78, 5) is 14.5. The normalized spacial score (nSPS) is 35.9. The summed E-state index contributed by atoms with van der Waals surface area (Å²) in [5, 5.41) is 3.57. The Morgan fingerprint density at radius 3 is 2.56 bits per heavy atom. The average molecular weight is 250 g/mol. The summed E-state index contributed by atoms with van der Waals surface area (Å²) < 4.78 is 0. The summed E-state index contributed by atoms with van der Waals surface area (Å²) >= 11 is 0. The Labute approximate surface area is 110 Å². The number of fused-ring (bicyclic) bond motifs is 2. The maximum Gasteiger partial charge on any atom is 0.227 e. The molecule has 102 valence electrons. The van der Waals surface area contributed by atoms with Gasteiger partial charge in [0.1, 0.15) is 0 Å². The fourth-order valence-corrected chi connectivity index (χ4v) is 4.23. The van der Waals surface area contributed by atoms with Crippen molar-refractivity contribution in [3.8, 4) is 0 Å². The van der Waals surface area contributed by atoms with Crippen molar-refractivity contribution in [3.05, 3.63) is 0 Å². The van der Waals surface area contributed by atoms with Gasteiger partial charge in [0.05, 0.1) is 5.92 Å². The van der Waals surface area contributed by atoms with Crippen molar-refractivity contribution in [2.75, 3.05) is 13.6 Å². The lowest BCUT2D eigenvalue weighted by Gasteiger charge is -2.30. The van der Waals surface area contributed by atoms with Gasteiger partial charge in [-0.2, -0.15) is 0 Å². The molecule has 1 aliphatic carbocycles. The van der Waals surface area contributed by atoms with Gasteiger partial charge in [-0.25, -0.2) is 0 Å². The Balaban J connectivity index is 1.52. The van der Waals surface area contributed by atoms with E-state index in [1.165, 1.54) is 44.9 Å². The maximum atomic E-state index is 12.5. The molecule has 0 aromatic carbocycles. The van der Waals surface area contributed by atoms with Crippen LogP contribution in [0.2, 0.25) is 0 Å². The predicted molar refractivity (Wildman–Crippen MR) is 72.3 cm³/mol. The Kier molecular flexibility index (Phi) is 3.60. The molecule has 2 heterocycles. The molecule has 3 aliphatic rings. The van der Waals surface area contributed by atoms with E-state index in [9.17, 15) is 4.79 Å². The Bertz CT molecular complexity index is 312. The predicted octanol–water partition coefficient (Wildman–Crippen LogP) is 2.17. The SMILES string of the molecule is CN(CC1CCCCC1)C(=O)C1CC2CCC1N2. The molecule has 0 aromatic rings. The molecule has 0 spiro atoms. The molecule has 0 aromatic heterocycles. The van der Waals surface area contributed by atoms with Crippen LogP contribution in [0.4, 0.5) is 0 Å². The minimum absolute atomic E-state index is 0.275. The largest absolute Gasteiger partial charge is 0.345 e. The maximum absolute atomic E-state index is 12.5. The van der Waals surface area contributed by atoms with Crippen LogP contribution >= 0.6 is 0 Å². The second-order valence-electron chi connectivity index (χ2n) is 6.61. The van der Waals surface area contributed by atoms with E-state index in [1.807, 2.05) is 11.9 Å². The summed E-state index contributed by atoms with van der Waals surface area (Å²) in [6.45, 7) is 0.993. The lowest BCUT2D eigenvalue weighted by Crippen LogP contribution is -2.41. The Hall–Kier alpha value is -0.570. The first-order valence-corrected chi connectivity index (χ1v) is 7.75. The van der Waals surface area contributed by atoms with Crippen molar-refractivity contribution in [2.24, 2.45) is 11.8 Å². The molecule has 1 N–H and O–H groups in total. The monoisotopic (exact) mass is 250 g/mol. The fourth-order valence-electron chi connectivity index (χ4n) is 4.23. The first kappa shape index (κ1) is 12.5. The van der Waals surface area contributed by atoms with Gasteiger partial charge < -0.3 is 10.2 Å². The van der Waals surface area contributed by atoms with Crippen molar-refractivity contribution in [3.63, 3.8) is 0 Å². The highest BCUT2D eigenvalue weighted by Crippen LogP contribution is 2.34. The van der Waals surface area contributed by atoms with Gasteiger partial charge in [0.25, 0.3) is 0 Å². The highest BCUT2D eigenvalue weighted by atomic mass is 16.2. The average Bonchev–Trinajstić information content (AvgIpc) is 3.01. The third-order valence-corrected chi connectivity index (χ3v) is 5.25. The molecule has 3 atom stereocenters. The standard InChI is InChI=1S/C15H26N2O/c1-17(10-11-5-3-2-4-6-11)15(18)13-9-12-7-8-14(13)16-12/h11-14,16H,2-10H2,1H3. The summed E-state index contributed by atoms with van der Waals surface area (Å²) in [6, 6.07) is 1.11. The molecule has 3 nitrogen and oxygen atoms in total. The van der Waals surface area contributed by atoms with Crippen LogP contribution in [-0.2, 0) is 4.79 Å². The smallest absolute Gasteiger partial charge is 0.227 e. The third kappa shape index (κ3) is 2.42. The molecule has 18 heavy (non-hydrogen) atoms. The van der Waals surface area contributed by atoms with Crippen LogP contribution in [-0.4, -0.2) is 36.5 Å². The third-order valence-electron chi connectivity index (χ3n) is 5.25. The van der Waals surface area contributed by atoms with Crippen molar-refractivity contribution < 1.29 is 4.79 Å². The van der Waals surface area contributed by atoms with Crippen molar-refractivity contribution in [1.82, 2.24) is 10.2 Å². The van der Waals surface area contributed by atoms with Gasteiger partial charge in [0.2, 0.25) is 5.91 Å². The molecule has 1 amide bonds. The first-order chi connectivity index (χ1) is 8.74. The summed E-state index contributed by atoms with van der Waals surface area (Å²) in [5.74, 6) is 1.44. The summed E-state index contributed by atoms with van der Waals surface area (Å²) in [6.07, 6.45) is 10.3. The van der Waals surface area contributed by atoms with E-state index in [-0.39, 0.29) is 5.92 Å². The molecule has 1 saturated carbocycles. The highest BCUT2D eigenvalue weighted by Gasteiger charge is 2.43. The van der Waals surface area contributed by atoms with Crippen LogP contribution in [0.5, 0.6) is 0 Å². The van der Waals surface area contributed by atoms with Crippen molar-refractivity contribution >= 4 is 5.91 Å². The van der Waals surface area contributed by atoms with Crippen LogP contribution in [0.25, 0.3) is 0 Å². The lowest BCUT2D eigenvalue weighted by molar-refractivity contribution is -0.135. The van der Waals surface area contributed by atoms with Gasteiger partial charge in [-0.15, -0.1) is 0 Å². The zero-order chi connectivity index (χ0) is 12.5. The molecular weight excluding hydrogens is 224 g/mol. The molecule has 2 saturated heterocycles. The molecule has 0 radical (unpaired) electrons. The zero-order valence-corrected chi connectivity index (χ0v) is 11.5. The second-order valence-corrected chi connectivity index (χ2v) is 6.61. The van der Waals surface area contributed by atoms with Crippen molar-refractivity contribution in [2.45, 2.75) is 63.5 Å². The second kappa shape index (κ2) is 5.20. The summed E-state index contributed by atoms with van der Waals surface area (Å²) in [5.41, 5.74) is 0. The van der Waals surface area contributed by atoms with E-state index in [2.05, 4.69) is 5.32 Å². The molecular formula is C15H26N2O. The van der Waals surface area contributed by atoms with Crippen molar-refractivity contribution in [1.29, 1.82) is 0 Å². The van der Waals surface area contributed by atoms with Crippen LogP contribution in [0.1, 0.15) is 51.4 Å². The molecule has 2 bridgehead atoms. The number of carbonyl (C=O) groups excluding carboxylic acids is 1. The summed E-state index contributed by atoms with van der Waals surface area (Å²) in [7, 11) is 2.02. The van der Waals surface area contributed by atoms with Gasteiger partial charge in [-0.3, -0.25) is 4.79 Å². The van der Waals surface area contributed by atoms with E-state index < -0.39 is 0 Å². The van der Waals surface area contributed by atoms with Crippen LogP contribution < -0.4 is 5.32 Å². The van der Waals surface area contributed by atoms with Gasteiger partial charge in [0, 0.05) is 25.7 Å². The number of hydrogen-bond acceptors (Lipinski definition) is 2. The molecule has 3 rings (SSSR count). The first-order valence-electron chi connectivity index (χ1n) is 7.75. The van der Waals surface area contributed by atoms with E-state index in [1.54, 1.807) is 0 Å². The number of amides is 1. The van der Waals surface area contributed by atoms with E-state index in [0.717, 1.165) is 18.9 Å². The van der Waals surface area contributed by atoms with Gasteiger partial charge >= 0.3 is 0 Å². The quantitative estimate of drug-likeness (QED) is 0.832. The Morgan fingerprint density at radius 1 is 1.17 bits per heavy atom. The molecule has 2 aliphatic heterocycles.